The lowest BCUT2D eigenvalue weighted by atomic mass is 10.1. The fourth-order valence-corrected chi connectivity index (χ4v) is 3.55. The first-order chi connectivity index (χ1) is 13.1. The second-order valence-corrected chi connectivity index (χ2v) is 6.89. The topological polar surface area (TPSA) is 62.6 Å². The van der Waals surface area contributed by atoms with Gasteiger partial charge in [0.1, 0.15) is 5.82 Å². The van der Waals surface area contributed by atoms with Gasteiger partial charge in [-0.05, 0) is 49.1 Å². The van der Waals surface area contributed by atoms with Crippen molar-refractivity contribution in [2.45, 2.75) is 44.6 Å². The molecule has 1 aromatic heterocycles. The summed E-state index contributed by atoms with van der Waals surface area (Å²) in [5.74, 6) is -0.281. The number of rotatable bonds is 8. The summed E-state index contributed by atoms with van der Waals surface area (Å²) in [5.41, 5.74) is 1.01. The maximum Gasteiger partial charge on any atom is 0.286 e. The molecule has 3 rings (SSSR count). The minimum Gasteiger partial charge on any atom is -0.459 e. The number of carbonyl (C=O) groups is 2. The van der Waals surface area contributed by atoms with Crippen LogP contribution in [-0.2, 0) is 11.2 Å². The summed E-state index contributed by atoms with van der Waals surface area (Å²) < 4.78 is 18.1. The van der Waals surface area contributed by atoms with Gasteiger partial charge < -0.3 is 14.6 Å². The molecule has 1 heterocycles. The fourth-order valence-electron chi connectivity index (χ4n) is 3.55. The van der Waals surface area contributed by atoms with Crippen molar-refractivity contribution < 1.29 is 18.4 Å². The van der Waals surface area contributed by atoms with Crippen molar-refractivity contribution in [1.82, 2.24) is 10.2 Å². The van der Waals surface area contributed by atoms with Crippen molar-refractivity contribution in [3.63, 3.8) is 0 Å². The molecule has 1 saturated carbocycles. The molecule has 2 aromatic rings. The van der Waals surface area contributed by atoms with E-state index >= 15 is 0 Å². The highest BCUT2D eigenvalue weighted by Gasteiger charge is 2.26. The molecule has 1 fully saturated rings. The molecule has 0 unspecified atom stereocenters. The average Bonchev–Trinajstić information content (AvgIpc) is 3.37. The van der Waals surface area contributed by atoms with Crippen molar-refractivity contribution in [3.8, 4) is 0 Å². The van der Waals surface area contributed by atoms with E-state index in [9.17, 15) is 14.0 Å². The molecular formula is C21H25FN2O3. The average molecular weight is 372 g/mol. The van der Waals surface area contributed by atoms with Gasteiger partial charge in [-0.2, -0.15) is 0 Å². The molecule has 0 atom stereocenters. The molecule has 1 N–H and O–H groups in total. The Morgan fingerprint density at radius 1 is 1.15 bits per heavy atom. The van der Waals surface area contributed by atoms with Crippen LogP contribution in [0, 0.1) is 5.82 Å². The molecule has 0 aliphatic heterocycles. The molecule has 1 aliphatic carbocycles. The van der Waals surface area contributed by atoms with Gasteiger partial charge in [0.15, 0.2) is 5.76 Å². The smallest absolute Gasteiger partial charge is 0.286 e. The van der Waals surface area contributed by atoms with Gasteiger partial charge in [0, 0.05) is 25.6 Å². The second-order valence-electron chi connectivity index (χ2n) is 6.89. The quantitative estimate of drug-likeness (QED) is 0.771. The van der Waals surface area contributed by atoms with Crippen LogP contribution < -0.4 is 5.32 Å². The first kappa shape index (κ1) is 19.1. The van der Waals surface area contributed by atoms with Crippen LogP contribution in [0.1, 0.15) is 48.2 Å². The zero-order valence-electron chi connectivity index (χ0n) is 15.3. The monoisotopic (exact) mass is 372 g/mol. The Morgan fingerprint density at radius 3 is 2.56 bits per heavy atom. The number of nitrogens with zero attached hydrogens (tertiary/aromatic N) is 1. The summed E-state index contributed by atoms with van der Waals surface area (Å²) >= 11 is 0. The lowest BCUT2D eigenvalue weighted by Gasteiger charge is -2.29. The van der Waals surface area contributed by atoms with Crippen LogP contribution in [0.5, 0.6) is 0 Å². The third-order valence-electron chi connectivity index (χ3n) is 5.01. The van der Waals surface area contributed by atoms with Crippen molar-refractivity contribution in [3.05, 3.63) is 59.8 Å². The lowest BCUT2D eigenvalue weighted by molar-refractivity contribution is -0.133. The van der Waals surface area contributed by atoms with E-state index < -0.39 is 0 Å². The molecule has 0 radical (unpaired) electrons. The van der Waals surface area contributed by atoms with Gasteiger partial charge in [-0.15, -0.1) is 0 Å². The molecule has 27 heavy (non-hydrogen) atoms. The fraction of sp³-hybridized carbons (Fsp3) is 0.429. The van der Waals surface area contributed by atoms with E-state index in [4.69, 9.17) is 4.42 Å². The number of carbonyl (C=O) groups excluding carboxylic acids is 2. The standard InChI is InChI=1S/C21H25FN2O3/c22-17-9-7-16(8-10-17)12-14-24(18-4-1-2-5-18)20(25)11-13-23-21(26)19-6-3-15-27-19/h3,6-10,15,18H,1-2,4-5,11-14H2,(H,23,26). The Balaban J connectivity index is 1.52. The highest BCUT2D eigenvalue weighted by atomic mass is 19.1. The highest BCUT2D eigenvalue weighted by molar-refractivity contribution is 5.91. The number of amides is 2. The third-order valence-corrected chi connectivity index (χ3v) is 5.01. The van der Waals surface area contributed by atoms with Crippen LogP contribution >= 0.6 is 0 Å². The van der Waals surface area contributed by atoms with Gasteiger partial charge in [0.05, 0.1) is 6.26 Å². The van der Waals surface area contributed by atoms with Crippen molar-refractivity contribution in [2.75, 3.05) is 13.1 Å². The van der Waals surface area contributed by atoms with Crippen LogP contribution in [0.3, 0.4) is 0 Å². The van der Waals surface area contributed by atoms with Crippen molar-refractivity contribution >= 4 is 11.8 Å². The maximum atomic E-state index is 13.1. The Labute approximate surface area is 158 Å². The number of halogens is 1. The van der Waals surface area contributed by atoms with Gasteiger partial charge in [0.2, 0.25) is 5.91 Å². The van der Waals surface area contributed by atoms with Gasteiger partial charge in [0.25, 0.3) is 5.91 Å². The third kappa shape index (κ3) is 5.42. The van der Waals surface area contributed by atoms with Crippen LogP contribution in [0.4, 0.5) is 4.39 Å². The van der Waals surface area contributed by atoms with Crippen LogP contribution in [-0.4, -0.2) is 35.8 Å². The SMILES string of the molecule is O=C(NCCC(=O)N(CCc1ccc(F)cc1)C1CCCC1)c1ccco1. The molecule has 0 spiro atoms. The summed E-state index contributed by atoms with van der Waals surface area (Å²) in [5, 5.41) is 2.72. The normalized spacial score (nSPS) is 14.3. The maximum absolute atomic E-state index is 13.1. The van der Waals surface area contributed by atoms with E-state index in [2.05, 4.69) is 5.32 Å². The van der Waals surface area contributed by atoms with Gasteiger partial charge in [-0.25, -0.2) is 4.39 Å². The number of hydrogen-bond donors (Lipinski definition) is 1. The Kier molecular flexibility index (Phi) is 6.63. The Hall–Kier alpha value is -2.63. The Morgan fingerprint density at radius 2 is 1.89 bits per heavy atom. The van der Waals surface area contributed by atoms with E-state index in [-0.39, 0.29) is 42.4 Å². The predicted molar refractivity (Wildman–Crippen MR) is 99.7 cm³/mol. The van der Waals surface area contributed by atoms with E-state index in [0.717, 1.165) is 31.2 Å². The number of benzene rings is 1. The molecule has 1 aromatic carbocycles. The molecule has 6 heteroatoms. The molecule has 2 amide bonds. The molecule has 1 aliphatic rings. The number of nitrogens with one attached hydrogen (secondary N) is 1. The largest absolute Gasteiger partial charge is 0.459 e. The van der Waals surface area contributed by atoms with Gasteiger partial charge >= 0.3 is 0 Å². The number of hydrogen-bond acceptors (Lipinski definition) is 3. The number of furan rings is 1. The minimum atomic E-state index is -0.313. The molecule has 0 saturated heterocycles. The summed E-state index contributed by atoms with van der Waals surface area (Å²) in [6, 6.07) is 9.91. The van der Waals surface area contributed by atoms with Crippen molar-refractivity contribution in [2.24, 2.45) is 0 Å². The van der Waals surface area contributed by atoms with Gasteiger partial charge in [-0.1, -0.05) is 25.0 Å². The summed E-state index contributed by atoms with van der Waals surface area (Å²) in [4.78, 5) is 26.6. The Bertz CT molecular complexity index is 737. The molecular weight excluding hydrogens is 347 g/mol. The summed E-state index contributed by atoms with van der Waals surface area (Å²) in [6.07, 6.45) is 6.72. The van der Waals surface area contributed by atoms with Crippen molar-refractivity contribution in [1.29, 1.82) is 0 Å². The van der Waals surface area contributed by atoms with Crippen LogP contribution in [0.25, 0.3) is 0 Å². The summed E-state index contributed by atoms with van der Waals surface area (Å²) in [6.45, 7) is 0.888. The highest BCUT2D eigenvalue weighted by Crippen LogP contribution is 2.24. The lowest BCUT2D eigenvalue weighted by Crippen LogP contribution is -2.41. The van der Waals surface area contributed by atoms with Gasteiger partial charge in [-0.3, -0.25) is 9.59 Å². The molecule has 0 bridgehead atoms. The summed E-state index contributed by atoms with van der Waals surface area (Å²) in [7, 11) is 0. The molecule has 144 valence electrons. The zero-order valence-corrected chi connectivity index (χ0v) is 15.3. The second kappa shape index (κ2) is 9.35. The molecule has 5 nitrogen and oxygen atoms in total. The van der Waals surface area contributed by atoms with E-state index in [0.29, 0.717) is 13.0 Å². The first-order valence-corrected chi connectivity index (χ1v) is 9.49. The van der Waals surface area contributed by atoms with Crippen LogP contribution in [0.15, 0.2) is 47.1 Å². The van der Waals surface area contributed by atoms with Crippen LogP contribution in [0.2, 0.25) is 0 Å². The first-order valence-electron chi connectivity index (χ1n) is 9.49. The predicted octanol–water partition coefficient (Wildman–Crippen LogP) is 3.55. The zero-order chi connectivity index (χ0) is 19.1. The minimum absolute atomic E-state index is 0.0451. The van der Waals surface area contributed by atoms with E-state index in [1.54, 1.807) is 24.3 Å². The van der Waals surface area contributed by atoms with E-state index in [1.165, 1.54) is 18.4 Å². The van der Waals surface area contributed by atoms with E-state index in [1.807, 2.05) is 4.90 Å².